The summed E-state index contributed by atoms with van der Waals surface area (Å²) in [5.41, 5.74) is -0.806. The fraction of sp³-hybridized carbons (Fsp3) is 0.217. The van der Waals surface area contributed by atoms with Crippen molar-refractivity contribution in [1.29, 1.82) is 0 Å². The molecule has 0 aliphatic carbocycles. The summed E-state index contributed by atoms with van der Waals surface area (Å²) in [4.78, 5) is -0.0331. The summed E-state index contributed by atoms with van der Waals surface area (Å²) in [5.74, 6) is 0. The van der Waals surface area contributed by atoms with E-state index in [0.29, 0.717) is 5.56 Å². The molecule has 4 rings (SSSR count). The number of hydrogen-bond acceptors (Lipinski definition) is 4. The monoisotopic (exact) mass is 448 g/mol. The van der Waals surface area contributed by atoms with Crippen LogP contribution in [-0.2, 0) is 30.8 Å². The largest absolute Gasteiger partial charge is 0.416 e. The maximum atomic E-state index is 13.5. The molecule has 1 heterocycles. The molecule has 0 amide bonds. The number of ether oxygens (including phenoxy) is 1. The van der Waals surface area contributed by atoms with Crippen LogP contribution < -0.4 is 0 Å². The number of benzene rings is 3. The van der Waals surface area contributed by atoms with Crippen molar-refractivity contribution in [1.82, 2.24) is 0 Å². The first kappa shape index (κ1) is 21.5. The molecule has 0 saturated carbocycles. The Morgan fingerprint density at radius 1 is 0.935 bits per heavy atom. The Kier molecular flexibility index (Phi) is 5.41. The van der Waals surface area contributed by atoms with Crippen LogP contribution in [0.15, 0.2) is 83.8 Å². The Labute approximate surface area is 178 Å². The molecule has 162 valence electrons. The first-order chi connectivity index (χ1) is 14.6. The Morgan fingerprint density at radius 2 is 1.55 bits per heavy atom. The van der Waals surface area contributed by atoms with Gasteiger partial charge in [-0.3, -0.25) is 4.18 Å². The second-order valence-corrected chi connectivity index (χ2v) is 8.98. The molecule has 0 N–H and O–H groups in total. The molecule has 1 aliphatic rings. The molecule has 0 unspecified atom stereocenters. The van der Waals surface area contributed by atoms with Gasteiger partial charge in [-0.2, -0.15) is 21.6 Å². The third kappa shape index (κ3) is 4.23. The van der Waals surface area contributed by atoms with Crippen LogP contribution in [0.3, 0.4) is 0 Å². The first-order valence-corrected chi connectivity index (χ1v) is 10.9. The maximum Gasteiger partial charge on any atom is 0.416 e. The van der Waals surface area contributed by atoms with Crippen molar-refractivity contribution in [2.75, 3.05) is 6.61 Å². The van der Waals surface area contributed by atoms with Crippen molar-refractivity contribution in [2.24, 2.45) is 0 Å². The van der Waals surface area contributed by atoms with E-state index < -0.39 is 40.2 Å². The van der Waals surface area contributed by atoms with Crippen molar-refractivity contribution in [3.05, 3.63) is 101 Å². The Bertz CT molecular complexity index is 1180. The van der Waals surface area contributed by atoms with Gasteiger partial charge in [0, 0.05) is 0 Å². The number of hydrogen-bond donors (Lipinski definition) is 0. The molecular formula is C23H19F3O4S. The molecular weight excluding hydrogens is 429 g/mol. The lowest BCUT2D eigenvalue weighted by Crippen LogP contribution is -2.22. The zero-order valence-corrected chi connectivity index (χ0v) is 17.3. The van der Waals surface area contributed by atoms with E-state index in [-0.39, 0.29) is 10.5 Å². The lowest BCUT2D eigenvalue weighted by Gasteiger charge is -2.16. The highest BCUT2D eigenvalue weighted by atomic mass is 32.2. The topological polar surface area (TPSA) is 55.9 Å². The minimum atomic E-state index is -4.57. The Hall–Kier alpha value is -2.68. The molecule has 31 heavy (non-hydrogen) atoms. The number of epoxide rings is 1. The van der Waals surface area contributed by atoms with Crippen LogP contribution >= 0.6 is 0 Å². The van der Waals surface area contributed by atoms with Gasteiger partial charge in [0.15, 0.2) is 0 Å². The summed E-state index contributed by atoms with van der Waals surface area (Å²) in [6.45, 7) is 1.37. The zero-order chi connectivity index (χ0) is 22.3. The minimum absolute atomic E-state index is 0.0331. The van der Waals surface area contributed by atoms with E-state index in [4.69, 9.17) is 8.92 Å². The number of alkyl halides is 3. The van der Waals surface area contributed by atoms with Crippen molar-refractivity contribution >= 4 is 10.1 Å². The third-order valence-corrected chi connectivity index (χ3v) is 6.52. The van der Waals surface area contributed by atoms with Gasteiger partial charge in [0.05, 0.1) is 10.5 Å². The van der Waals surface area contributed by atoms with Gasteiger partial charge in [-0.05, 0) is 36.2 Å². The van der Waals surface area contributed by atoms with Crippen molar-refractivity contribution in [2.45, 2.75) is 29.7 Å². The summed E-state index contributed by atoms with van der Waals surface area (Å²) < 4.78 is 77.0. The molecule has 3 aromatic rings. The molecule has 0 bridgehead atoms. The van der Waals surface area contributed by atoms with E-state index in [1.165, 1.54) is 30.3 Å². The summed E-state index contributed by atoms with van der Waals surface area (Å²) in [7, 11) is -4.12. The normalized spacial score (nSPS) is 21.1. The smallest absolute Gasteiger partial charge is 0.353 e. The molecule has 1 fully saturated rings. The Morgan fingerprint density at radius 3 is 2.19 bits per heavy atom. The quantitative estimate of drug-likeness (QED) is 0.375. The second kappa shape index (κ2) is 7.78. The summed E-state index contributed by atoms with van der Waals surface area (Å²) in [6.07, 6.45) is -5.57. The second-order valence-electron chi connectivity index (χ2n) is 7.37. The molecule has 0 aromatic heterocycles. The summed E-state index contributed by atoms with van der Waals surface area (Å²) in [6, 6.07) is 19.8. The van der Waals surface area contributed by atoms with Crippen LogP contribution in [0.2, 0.25) is 0 Å². The predicted octanol–water partition coefficient (Wildman–Crippen LogP) is 5.39. The van der Waals surface area contributed by atoms with Crippen molar-refractivity contribution in [3.63, 3.8) is 0 Å². The molecule has 3 aromatic carbocycles. The lowest BCUT2D eigenvalue weighted by atomic mass is 9.90. The van der Waals surface area contributed by atoms with Crippen LogP contribution in [0, 0.1) is 6.92 Å². The van der Waals surface area contributed by atoms with Crippen molar-refractivity contribution in [3.8, 4) is 0 Å². The molecule has 0 spiro atoms. The van der Waals surface area contributed by atoms with Gasteiger partial charge < -0.3 is 4.74 Å². The SMILES string of the molecule is Cc1ccc(S(=O)(=O)OC[C@]2(c3ccccc3)O[C@H]2c2ccccc2C(F)(F)F)cc1. The highest BCUT2D eigenvalue weighted by Crippen LogP contribution is 2.59. The molecule has 2 atom stereocenters. The number of aryl methyl sites for hydroxylation is 1. The van der Waals surface area contributed by atoms with E-state index in [2.05, 4.69) is 0 Å². The van der Waals surface area contributed by atoms with Gasteiger partial charge in [-0.25, -0.2) is 0 Å². The Balaban J connectivity index is 1.68. The molecule has 1 saturated heterocycles. The third-order valence-electron chi connectivity index (χ3n) is 5.24. The minimum Gasteiger partial charge on any atom is -0.353 e. The van der Waals surface area contributed by atoms with Gasteiger partial charge in [0.1, 0.15) is 18.3 Å². The highest BCUT2D eigenvalue weighted by Gasteiger charge is 2.61. The van der Waals surface area contributed by atoms with E-state index >= 15 is 0 Å². The van der Waals surface area contributed by atoms with Crippen molar-refractivity contribution < 1.29 is 30.5 Å². The van der Waals surface area contributed by atoms with Crippen LogP contribution in [0.25, 0.3) is 0 Å². The van der Waals surface area contributed by atoms with Crippen LogP contribution in [0.1, 0.15) is 28.4 Å². The van der Waals surface area contributed by atoms with E-state index in [1.54, 1.807) is 42.5 Å². The molecule has 8 heteroatoms. The predicted molar refractivity (Wildman–Crippen MR) is 108 cm³/mol. The summed E-state index contributed by atoms with van der Waals surface area (Å²) in [5, 5.41) is 0. The van der Waals surface area contributed by atoms with Gasteiger partial charge in [-0.15, -0.1) is 0 Å². The number of rotatable bonds is 6. The number of halogens is 3. The first-order valence-electron chi connectivity index (χ1n) is 9.49. The zero-order valence-electron chi connectivity index (χ0n) is 16.5. The molecule has 4 nitrogen and oxygen atoms in total. The van der Waals surface area contributed by atoms with Gasteiger partial charge in [0.2, 0.25) is 0 Å². The standard InChI is InChI=1S/C23H19F3O4S/c1-16-11-13-18(14-12-16)31(27,28)29-15-22(17-7-3-2-4-8-17)21(30-22)19-9-5-6-10-20(19)23(24,25)26/h2-14,21H,15H2,1H3/t21-,22+/m0/s1. The average Bonchev–Trinajstić information content (AvgIpc) is 3.49. The lowest BCUT2D eigenvalue weighted by molar-refractivity contribution is -0.138. The van der Waals surface area contributed by atoms with E-state index in [1.807, 2.05) is 6.92 Å². The van der Waals surface area contributed by atoms with Crippen LogP contribution in [0.4, 0.5) is 13.2 Å². The van der Waals surface area contributed by atoms with E-state index in [9.17, 15) is 21.6 Å². The molecule has 1 aliphatic heterocycles. The molecule has 0 radical (unpaired) electrons. The van der Waals surface area contributed by atoms with Gasteiger partial charge in [0.25, 0.3) is 10.1 Å². The van der Waals surface area contributed by atoms with Crippen LogP contribution in [0.5, 0.6) is 0 Å². The highest BCUT2D eigenvalue weighted by molar-refractivity contribution is 7.86. The van der Waals surface area contributed by atoms with Gasteiger partial charge in [-0.1, -0.05) is 66.2 Å². The van der Waals surface area contributed by atoms with Gasteiger partial charge >= 0.3 is 6.18 Å². The average molecular weight is 448 g/mol. The fourth-order valence-corrected chi connectivity index (χ4v) is 4.48. The fourth-order valence-electron chi connectivity index (χ4n) is 3.55. The van der Waals surface area contributed by atoms with E-state index in [0.717, 1.165) is 11.6 Å². The summed E-state index contributed by atoms with van der Waals surface area (Å²) >= 11 is 0. The maximum absolute atomic E-state index is 13.5. The van der Waals surface area contributed by atoms with Crippen LogP contribution in [-0.4, -0.2) is 15.0 Å².